The van der Waals surface area contributed by atoms with Crippen LogP contribution in [0.1, 0.15) is 48.0 Å². The normalized spacial score (nSPS) is 14.9. The Kier molecular flexibility index (Phi) is 4.97. The summed E-state index contributed by atoms with van der Waals surface area (Å²) in [6.07, 6.45) is 3.38. The Morgan fingerprint density at radius 1 is 1.23 bits per heavy atom. The summed E-state index contributed by atoms with van der Waals surface area (Å²) in [5, 5.41) is 0. The van der Waals surface area contributed by atoms with Crippen molar-refractivity contribution in [3.63, 3.8) is 0 Å². The number of nitrogens with zero attached hydrogens (tertiary/aromatic N) is 1. The van der Waals surface area contributed by atoms with E-state index >= 15 is 0 Å². The van der Waals surface area contributed by atoms with Crippen LogP contribution in [0.2, 0.25) is 0 Å². The maximum atomic E-state index is 4.35. The molecule has 0 bridgehead atoms. The molecule has 0 aromatic heterocycles. The second-order valence-electron chi connectivity index (χ2n) is 4.18. The van der Waals surface area contributed by atoms with Crippen LogP contribution in [0.25, 0.3) is 0 Å². The van der Waals surface area contributed by atoms with Crippen LogP contribution in [-0.2, 0) is 0 Å². The topological polar surface area (TPSA) is 12.4 Å². The van der Waals surface area contributed by atoms with Crippen LogP contribution in [0.5, 0.6) is 0 Å². The summed E-state index contributed by atoms with van der Waals surface area (Å²) in [5.74, 6) is 0. The lowest BCUT2D eigenvalue weighted by molar-refractivity contribution is 0.430. The summed E-state index contributed by atoms with van der Waals surface area (Å²) in [6, 6.07) is 0. The largest absolute Gasteiger partial charge is 0.290 e. The van der Waals surface area contributed by atoms with Gasteiger partial charge in [-0.05, 0) is 38.7 Å². The summed E-state index contributed by atoms with van der Waals surface area (Å²) in [4.78, 5) is 4.35. The third-order valence-electron chi connectivity index (χ3n) is 2.78. The first-order chi connectivity index (χ1) is 5.94. The van der Waals surface area contributed by atoms with Crippen molar-refractivity contribution >= 4 is 5.71 Å². The highest BCUT2D eigenvalue weighted by molar-refractivity contribution is 5.93. The van der Waals surface area contributed by atoms with Gasteiger partial charge in [-0.3, -0.25) is 4.99 Å². The fourth-order valence-corrected chi connectivity index (χ4v) is 1.08. The number of hydrogen-bond donors (Lipinski definition) is 0. The van der Waals surface area contributed by atoms with Crippen molar-refractivity contribution in [3.8, 4) is 0 Å². The highest BCUT2D eigenvalue weighted by atomic mass is 14.7. The Hall–Kier alpha value is -0.590. The number of hydrogen-bond acceptors (Lipinski definition) is 1. The van der Waals surface area contributed by atoms with E-state index in [0.717, 1.165) is 12.3 Å². The SMILES string of the molecule is CC/N=C(C)\C=C(/C)C(C)(C)CC. The monoisotopic (exact) mass is 181 g/mol. The molecule has 0 saturated heterocycles. The molecule has 13 heavy (non-hydrogen) atoms. The molecule has 0 fully saturated rings. The fraction of sp³-hybridized carbons (Fsp3) is 0.750. The van der Waals surface area contributed by atoms with E-state index in [9.17, 15) is 0 Å². The lowest BCUT2D eigenvalue weighted by Gasteiger charge is -2.23. The molecule has 1 heteroatoms. The highest BCUT2D eigenvalue weighted by Crippen LogP contribution is 2.29. The number of allylic oxidation sites excluding steroid dienone is 2. The van der Waals surface area contributed by atoms with Crippen molar-refractivity contribution in [2.45, 2.75) is 48.0 Å². The van der Waals surface area contributed by atoms with Gasteiger partial charge in [-0.15, -0.1) is 0 Å². The van der Waals surface area contributed by atoms with Gasteiger partial charge >= 0.3 is 0 Å². The van der Waals surface area contributed by atoms with Gasteiger partial charge in [-0.1, -0.05) is 26.3 Å². The van der Waals surface area contributed by atoms with Gasteiger partial charge in [-0.25, -0.2) is 0 Å². The predicted octanol–water partition coefficient (Wildman–Crippen LogP) is 3.85. The standard InChI is InChI=1S/C12H23N/c1-7-12(5,6)10(3)9-11(4)13-8-2/h9H,7-8H2,1-6H3/b10-9+,13-11-. The number of rotatable bonds is 4. The van der Waals surface area contributed by atoms with Crippen molar-refractivity contribution in [1.29, 1.82) is 0 Å². The maximum Gasteiger partial charge on any atom is 0.0364 e. The molecule has 0 saturated carbocycles. The van der Waals surface area contributed by atoms with Crippen LogP contribution in [0, 0.1) is 5.41 Å². The zero-order valence-corrected chi connectivity index (χ0v) is 9.94. The first-order valence-corrected chi connectivity index (χ1v) is 5.13. The van der Waals surface area contributed by atoms with E-state index < -0.39 is 0 Å². The van der Waals surface area contributed by atoms with E-state index in [1.807, 2.05) is 0 Å². The Morgan fingerprint density at radius 3 is 2.15 bits per heavy atom. The molecule has 0 aliphatic rings. The van der Waals surface area contributed by atoms with E-state index in [2.05, 4.69) is 52.6 Å². The Balaban J connectivity index is 4.58. The molecule has 0 aliphatic heterocycles. The molecule has 0 amide bonds. The molecule has 0 N–H and O–H groups in total. The van der Waals surface area contributed by atoms with Gasteiger partial charge in [0.2, 0.25) is 0 Å². The summed E-state index contributed by atoms with van der Waals surface area (Å²) >= 11 is 0. The number of aliphatic imine (C=N–C) groups is 1. The molecule has 0 radical (unpaired) electrons. The van der Waals surface area contributed by atoms with Crippen LogP contribution in [0.3, 0.4) is 0 Å². The highest BCUT2D eigenvalue weighted by Gasteiger charge is 2.16. The summed E-state index contributed by atoms with van der Waals surface area (Å²) < 4.78 is 0. The Bertz CT molecular complexity index is 209. The lowest BCUT2D eigenvalue weighted by atomic mass is 9.82. The van der Waals surface area contributed by atoms with E-state index in [4.69, 9.17) is 0 Å². The molecular weight excluding hydrogens is 158 g/mol. The second kappa shape index (κ2) is 5.21. The molecule has 0 rings (SSSR count). The minimum atomic E-state index is 0.310. The quantitative estimate of drug-likeness (QED) is 0.584. The minimum Gasteiger partial charge on any atom is -0.290 e. The van der Waals surface area contributed by atoms with Crippen molar-refractivity contribution in [2.24, 2.45) is 10.4 Å². The van der Waals surface area contributed by atoms with Gasteiger partial charge in [0.25, 0.3) is 0 Å². The van der Waals surface area contributed by atoms with Crippen LogP contribution >= 0.6 is 0 Å². The molecular formula is C12H23N. The molecule has 76 valence electrons. The van der Waals surface area contributed by atoms with Crippen LogP contribution in [-0.4, -0.2) is 12.3 Å². The molecule has 0 aromatic rings. The van der Waals surface area contributed by atoms with Gasteiger partial charge in [0, 0.05) is 12.3 Å². The molecule has 0 spiro atoms. The fourth-order valence-electron chi connectivity index (χ4n) is 1.08. The first-order valence-electron chi connectivity index (χ1n) is 5.13. The van der Waals surface area contributed by atoms with Crippen molar-refractivity contribution in [2.75, 3.05) is 6.54 Å². The summed E-state index contributed by atoms with van der Waals surface area (Å²) in [7, 11) is 0. The van der Waals surface area contributed by atoms with Gasteiger partial charge in [0.1, 0.15) is 0 Å². The molecule has 0 aromatic carbocycles. The average Bonchev–Trinajstić information content (AvgIpc) is 2.04. The van der Waals surface area contributed by atoms with E-state index in [1.165, 1.54) is 12.0 Å². The van der Waals surface area contributed by atoms with Crippen molar-refractivity contribution < 1.29 is 0 Å². The molecule has 0 aliphatic carbocycles. The third kappa shape index (κ3) is 4.25. The minimum absolute atomic E-state index is 0.310. The van der Waals surface area contributed by atoms with E-state index in [1.54, 1.807) is 0 Å². The van der Waals surface area contributed by atoms with Gasteiger partial charge in [0.05, 0.1) is 0 Å². The van der Waals surface area contributed by atoms with Gasteiger partial charge in [0.15, 0.2) is 0 Å². The Labute approximate surface area is 83.0 Å². The van der Waals surface area contributed by atoms with Gasteiger partial charge < -0.3 is 0 Å². The zero-order chi connectivity index (χ0) is 10.5. The first kappa shape index (κ1) is 12.4. The molecule has 0 heterocycles. The van der Waals surface area contributed by atoms with E-state index in [0.29, 0.717) is 5.41 Å². The summed E-state index contributed by atoms with van der Waals surface area (Å²) in [5.41, 5.74) is 2.87. The van der Waals surface area contributed by atoms with Crippen molar-refractivity contribution in [1.82, 2.24) is 0 Å². The summed E-state index contributed by atoms with van der Waals surface area (Å²) in [6.45, 7) is 14.0. The smallest absolute Gasteiger partial charge is 0.0364 e. The lowest BCUT2D eigenvalue weighted by Crippen LogP contribution is -2.12. The third-order valence-corrected chi connectivity index (χ3v) is 2.78. The molecule has 0 atom stereocenters. The molecule has 0 unspecified atom stereocenters. The van der Waals surface area contributed by atoms with E-state index in [-0.39, 0.29) is 0 Å². The predicted molar refractivity (Wildman–Crippen MR) is 61.5 cm³/mol. The van der Waals surface area contributed by atoms with Crippen LogP contribution < -0.4 is 0 Å². The van der Waals surface area contributed by atoms with Gasteiger partial charge in [-0.2, -0.15) is 0 Å². The average molecular weight is 181 g/mol. The van der Waals surface area contributed by atoms with Crippen LogP contribution in [0.4, 0.5) is 0 Å². The maximum absolute atomic E-state index is 4.35. The second-order valence-corrected chi connectivity index (χ2v) is 4.18. The zero-order valence-electron chi connectivity index (χ0n) is 9.94. The molecule has 1 nitrogen and oxygen atoms in total. The van der Waals surface area contributed by atoms with Crippen molar-refractivity contribution in [3.05, 3.63) is 11.6 Å². The Morgan fingerprint density at radius 2 is 1.77 bits per heavy atom. The van der Waals surface area contributed by atoms with Crippen LogP contribution in [0.15, 0.2) is 16.6 Å².